The van der Waals surface area contributed by atoms with Gasteiger partial charge in [0.15, 0.2) is 0 Å². The lowest BCUT2D eigenvalue weighted by Gasteiger charge is -2.09. The highest BCUT2D eigenvalue weighted by molar-refractivity contribution is 5.91. The van der Waals surface area contributed by atoms with Crippen molar-refractivity contribution in [3.05, 3.63) is 78.4 Å². The minimum Gasteiger partial charge on any atom is -0.494 e. The molecule has 0 aliphatic rings. The van der Waals surface area contributed by atoms with Gasteiger partial charge < -0.3 is 24.4 Å². The summed E-state index contributed by atoms with van der Waals surface area (Å²) in [5.41, 5.74) is 2.60. The van der Waals surface area contributed by atoms with Crippen molar-refractivity contribution < 1.29 is 29.2 Å². The second kappa shape index (κ2) is 24.8. The molecule has 0 aliphatic heterocycles. The Morgan fingerprint density at radius 2 is 0.723 bits per heavy atom. The molecule has 0 unspecified atom stereocenters. The number of hydrogen-bond acceptors (Lipinski definition) is 6. The van der Waals surface area contributed by atoms with Crippen molar-refractivity contribution in [2.75, 3.05) is 26.4 Å². The molecule has 6 nitrogen and oxygen atoms in total. The van der Waals surface area contributed by atoms with E-state index in [-0.39, 0.29) is 5.97 Å². The molecule has 0 aliphatic carbocycles. The van der Waals surface area contributed by atoms with Gasteiger partial charge in [0, 0.05) is 13.2 Å². The Balaban J connectivity index is 1.27. The number of carbonyl (C=O) groups excluding carboxylic acids is 1. The fourth-order valence-electron chi connectivity index (χ4n) is 5.59. The van der Waals surface area contributed by atoms with E-state index in [0.29, 0.717) is 31.1 Å². The van der Waals surface area contributed by atoms with E-state index < -0.39 is 0 Å². The number of carbonyl (C=O) groups is 1. The first-order chi connectivity index (χ1) is 23.2. The molecule has 3 rings (SSSR count). The predicted octanol–water partition coefficient (Wildman–Crippen LogP) is 10.3. The van der Waals surface area contributed by atoms with Crippen LogP contribution in [0.5, 0.6) is 17.2 Å². The zero-order valence-electron chi connectivity index (χ0n) is 28.5. The molecule has 0 amide bonds. The summed E-state index contributed by atoms with van der Waals surface area (Å²) in [7, 11) is 0. The molecule has 0 atom stereocenters. The van der Waals surface area contributed by atoms with Crippen LogP contribution >= 0.6 is 0 Å². The molecule has 0 saturated heterocycles. The lowest BCUT2D eigenvalue weighted by atomic mass is 10.0. The number of benzene rings is 3. The Morgan fingerprint density at radius 3 is 1.13 bits per heavy atom. The van der Waals surface area contributed by atoms with E-state index in [1.54, 1.807) is 24.3 Å². The van der Waals surface area contributed by atoms with Crippen LogP contribution in [0.2, 0.25) is 0 Å². The summed E-state index contributed by atoms with van der Waals surface area (Å²) < 4.78 is 17.4. The van der Waals surface area contributed by atoms with E-state index in [9.17, 15) is 4.79 Å². The number of hydrogen-bond donors (Lipinski definition) is 2. The average molecular weight is 647 g/mol. The maximum atomic E-state index is 12.7. The molecule has 0 bridgehead atoms. The molecule has 0 radical (unpaired) electrons. The van der Waals surface area contributed by atoms with Crippen LogP contribution in [0.25, 0.3) is 11.1 Å². The van der Waals surface area contributed by atoms with Crippen LogP contribution in [0.4, 0.5) is 0 Å². The summed E-state index contributed by atoms with van der Waals surface area (Å²) in [6.07, 6.45) is 21.2. The van der Waals surface area contributed by atoms with Gasteiger partial charge in [-0.2, -0.15) is 0 Å². The highest BCUT2D eigenvalue weighted by Gasteiger charge is 2.10. The summed E-state index contributed by atoms with van der Waals surface area (Å²) in [6.45, 7) is 2.05. The summed E-state index contributed by atoms with van der Waals surface area (Å²) in [4.78, 5) is 12.7. The monoisotopic (exact) mass is 646 g/mol. The first kappa shape index (κ1) is 38.1. The predicted molar refractivity (Wildman–Crippen MR) is 192 cm³/mol. The second-order valence-corrected chi connectivity index (χ2v) is 12.5. The number of aliphatic hydroxyl groups is 2. The number of ether oxygens (including phenoxy) is 3. The standard InChI is InChI=1S/C41H58O6/c42-31-15-11-7-3-1-5-9-13-17-33-45-38-25-23-36(24-26-38)35-19-21-37(22-20-35)41(44)47-40-29-27-39(28-30-40)46-34-18-14-10-6-2-4-8-12-16-32-43/h19-30,42-43H,1-18,31-34H2. The van der Waals surface area contributed by atoms with E-state index >= 15 is 0 Å². The second-order valence-electron chi connectivity index (χ2n) is 12.5. The third-order valence-corrected chi connectivity index (χ3v) is 8.48. The Morgan fingerprint density at radius 1 is 0.404 bits per heavy atom. The smallest absolute Gasteiger partial charge is 0.343 e. The normalized spacial score (nSPS) is 11.0. The maximum absolute atomic E-state index is 12.7. The molecule has 3 aromatic rings. The molecule has 258 valence electrons. The van der Waals surface area contributed by atoms with E-state index in [0.717, 1.165) is 67.8 Å². The quantitative estimate of drug-likeness (QED) is 0.0487. The zero-order chi connectivity index (χ0) is 33.2. The third-order valence-electron chi connectivity index (χ3n) is 8.48. The van der Waals surface area contributed by atoms with E-state index in [1.807, 2.05) is 48.5 Å². The number of unbranched alkanes of at least 4 members (excludes halogenated alkanes) is 16. The zero-order valence-corrected chi connectivity index (χ0v) is 28.5. The summed E-state index contributed by atoms with van der Waals surface area (Å²) in [5, 5.41) is 17.6. The summed E-state index contributed by atoms with van der Waals surface area (Å²) in [5.74, 6) is 1.76. The van der Waals surface area contributed by atoms with Crippen molar-refractivity contribution >= 4 is 5.97 Å². The third kappa shape index (κ3) is 16.9. The SMILES string of the molecule is O=C(Oc1ccc(OCCCCCCCCCCCO)cc1)c1ccc(-c2ccc(OCCCCCCCCCCCO)cc2)cc1. The first-order valence-electron chi connectivity index (χ1n) is 18.2. The first-order valence-corrected chi connectivity index (χ1v) is 18.2. The van der Waals surface area contributed by atoms with Gasteiger partial charge in [-0.15, -0.1) is 0 Å². The van der Waals surface area contributed by atoms with Crippen LogP contribution in [0, 0.1) is 0 Å². The van der Waals surface area contributed by atoms with Gasteiger partial charge in [0.05, 0.1) is 18.8 Å². The molecule has 3 aromatic carbocycles. The van der Waals surface area contributed by atoms with Gasteiger partial charge in [-0.3, -0.25) is 0 Å². The van der Waals surface area contributed by atoms with Crippen molar-refractivity contribution in [3.63, 3.8) is 0 Å². The van der Waals surface area contributed by atoms with Gasteiger partial charge in [0.2, 0.25) is 0 Å². The number of aliphatic hydroxyl groups excluding tert-OH is 2. The van der Waals surface area contributed by atoms with Crippen LogP contribution in [-0.4, -0.2) is 42.6 Å². The molecule has 0 spiro atoms. The van der Waals surface area contributed by atoms with Gasteiger partial charge in [-0.25, -0.2) is 4.79 Å². The lowest BCUT2D eigenvalue weighted by molar-refractivity contribution is 0.0734. The lowest BCUT2D eigenvalue weighted by Crippen LogP contribution is -2.08. The fraction of sp³-hybridized carbons (Fsp3) is 0.537. The van der Waals surface area contributed by atoms with E-state index in [2.05, 4.69) is 0 Å². The molecular weight excluding hydrogens is 588 g/mol. The molecule has 0 saturated carbocycles. The van der Waals surface area contributed by atoms with Crippen molar-refractivity contribution in [1.29, 1.82) is 0 Å². The van der Waals surface area contributed by atoms with Gasteiger partial charge in [0.25, 0.3) is 0 Å². The van der Waals surface area contributed by atoms with E-state index in [4.69, 9.17) is 24.4 Å². The molecular formula is C41H58O6. The minimum atomic E-state index is -0.389. The van der Waals surface area contributed by atoms with Crippen molar-refractivity contribution in [2.45, 2.75) is 116 Å². The largest absolute Gasteiger partial charge is 0.494 e. The van der Waals surface area contributed by atoms with Crippen molar-refractivity contribution in [1.82, 2.24) is 0 Å². The number of rotatable bonds is 27. The highest BCUT2D eigenvalue weighted by Crippen LogP contribution is 2.24. The Labute approximate surface area is 283 Å². The van der Waals surface area contributed by atoms with Gasteiger partial charge >= 0.3 is 5.97 Å². The van der Waals surface area contributed by atoms with Crippen LogP contribution < -0.4 is 14.2 Å². The van der Waals surface area contributed by atoms with E-state index in [1.165, 1.54) is 77.0 Å². The van der Waals surface area contributed by atoms with Crippen molar-refractivity contribution in [3.8, 4) is 28.4 Å². The van der Waals surface area contributed by atoms with Gasteiger partial charge in [-0.05, 0) is 85.3 Å². The van der Waals surface area contributed by atoms with Crippen LogP contribution in [-0.2, 0) is 0 Å². The summed E-state index contributed by atoms with van der Waals surface area (Å²) in [6, 6.07) is 22.8. The van der Waals surface area contributed by atoms with Crippen molar-refractivity contribution in [2.24, 2.45) is 0 Å². The van der Waals surface area contributed by atoms with Crippen LogP contribution in [0.3, 0.4) is 0 Å². The van der Waals surface area contributed by atoms with Gasteiger partial charge in [-0.1, -0.05) is 114 Å². The Kier molecular flexibility index (Phi) is 20.1. The Hall–Kier alpha value is -3.35. The minimum absolute atomic E-state index is 0.312. The summed E-state index contributed by atoms with van der Waals surface area (Å²) >= 11 is 0. The Bertz CT molecular complexity index is 1190. The van der Waals surface area contributed by atoms with Crippen LogP contribution in [0.15, 0.2) is 72.8 Å². The average Bonchev–Trinajstić information content (AvgIpc) is 3.10. The number of esters is 1. The molecule has 0 fully saturated rings. The van der Waals surface area contributed by atoms with Crippen LogP contribution in [0.1, 0.15) is 126 Å². The fourth-order valence-corrected chi connectivity index (χ4v) is 5.59. The maximum Gasteiger partial charge on any atom is 0.343 e. The molecule has 6 heteroatoms. The topological polar surface area (TPSA) is 85.2 Å². The molecule has 0 heterocycles. The molecule has 2 N–H and O–H groups in total. The molecule has 0 aromatic heterocycles. The molecule has 47 heavy (non-hydrogen) atoms. The highest BCUT2D eigenvalue weighted by atomic mass is 16.5. The van der Waals surface area contributed by atoms with Gasteiger partial charge in [0.1, 0.15) is 17.2 Å².